The van der Waals surface area contributed by atoms with Gasteiger partial charge in [-0.05, 0) is 54.8 Å². The lowest BCUT2D eigenvalue weighted by Gasteiger charge is -2.43. The van der Waals surface area contributed by atoms with Crippen LogP contribution in [0.5, 0.6) is 0 Å². The van der Waals surface area contributed by atoms with Crippen LogP contribution in [-0.2, 0) is 9.47 Å². The van der Waals surface area contributed by atoms with E-state index in [2.05, 4.69) is 34.6 Å². The molecule has 2 saturated heterocycles. The van der Waals surface area contributed by atoms with Crippen LogP contribution >= 0.6 is 0 Å². The summed E-state index contributed by atoms with van der Waals surface area (Å²) in [5.41, 5.74) is 0.755. The molecule has 0 saturated carbocycles. The van der Waals surface area contributed by atoms with Crippen LogP contribution in [0.3, 0.4) is 0 Å². The molecule has 2 fully saturated rings. The first-order chi connectivity index (χ1) is 9.29. The molecule has 0 N–H and O–H groups in total. The zero-order chi connectivity index (χ0) is 14.8. The van der Waals surface area contributed by atoms with E-state index in [1.807, 2.05) is 0 Å². The van der Waals surface area contributed by atoms with Gasteiger partial charge in [0.1, 0.15) is 0 Å². The minimum Gasteiger partial charge on any atom is -0.381 e. The van der Waals surface area contributed by atoms with Crippen molar-refractivity contribution in [3.63, 3.8) is 0 Å². The SMILES string of the molecule is CC(C)(C)C1CCOC(CC(C)(C)C2CCCOC2)C1. The number of rotatable bonds is 3. The molecule has 0 aliphatic carbocycles. The van der Waals surface area contributed by atoms with Gasteiger partial charge < -0.3 is 9.47 Å². The summed E-state index contributed by atoms with van der Waals surface area (Å²) in [4.78, 5) is 0. The molecule has 2 aliphatic heterocycles. The van der Waals surface area contributed by atoms with Crippen molar-refractivity contribution in [2.75, 3.05) is 19.8 Å². The molecular weight excluding hydrogens is 248 g/mol. The molecule has 2 rings (SSSR count). The maximum absolute atomic E-state index is 6.09. The van der Waals surface area contributed by atoms with Crippen molar-refractivity contribution < 1.29 is 9.47 Å². The summed E-state index contributed by atoms with van der Waals surface area (Å²) in [7, 11) is 0. The smallest absolute Gasteiger partial charge is 0.0583 e. The Hall–Kier alpha value is -0.0800. The predicted molar refractivity (Wildman–Crippen MR) is 83.9 cm³/mol. The van der Waals surface area contributed by atoms with Crippen molar-refractivity contribution in [1.29, 1.82) is 0 Å². The van der Waals surface area contributed by atoms with Crippen LogP contribution in [0.4, 0.5) is 0 Å². The molecule has 2 heterocycles. The minimum absolute atomic E-state index is 0.338. The van der Waals surface area contributed by atoms with Crippen LogP contribution in [0.1, 0.15) is 66.7 Å². The third-order valence-corrected chi connectivity index (χ3v) is 5.61. The van der Waals surface area contributed by atoms with Gasteiger partial charge in [0.05, 0.1) is 6.10 Å². The molecule has 0 bridgehead atoms. The Morgan fingerprint density at radius 2 is 1.70 bits per heavy atom. The highest BCUT2D eigenvalue weighted by atomic mass is 16.5. The standard InChI is InChI=1S/C18H34O2/c1-17(2,3)14-8-10-20-16(11-14)12-18(4,5)15-7-6-9-19-13-15/h14-16H,6-13H2,1-5H3. The van der Waals surface area contributed by atoms with Gasteiger partial charge in [0.2, 0.25) is 0 Å². The highest BCUT2D eigenvalue weighted by Crippen LogP contribution is 2.42. The Morgan fingerprint density at radius 3 is 2.30 bits per heavy atom. The number of hydrogen-bond acceptors (Lipinski definition) is 2. The quantitative estimate of drug-likeness (QED) is 0.749. The van der Waals surface area contributed by atoms with Gasteiger partial charge in [-0.15, -0.1) is 0 Å². The van der Waals surface area contributed by atoms with Crippen molar-refractivity contribution in [3.8, 4) is 0 Å². The van der Waals surface area contributed by atoms with E-state index < -0.39 is 0 Å². The lowest BCUT2D eigenvalue weighted by atomic mass is 9.69. The second-order valence-corrected chi connectivity index (χ2v) is 8.69. The van der Waals surface area contributed by atoms with Crippen molar-refractivity contribution in [1.82, 2.24) is 0 Å². The van der Waals surface area contributed by atoms with E-state index >= 15 is 0 Å². The second-order valence-electron chi connectivity index (χ2n) is 8.69. The summed E-state index contributed by atoms with van der Waals surface area (Å²) in [5, 5.41) is 0. The van der Waals surface area contributed by atoms with Gasteiger partial charge in [-0.3, -0.25) is 0 Å². The summed E-state index contributed by atoms with van der Waals surface area (Å²) in [6.07, 6.45) is 6.65. The lowest BCUT2D eigenvalue weighted by Crippen LogP contribution is -2.39. The zero-order valence-corrected chi connectivity index (χ0v) is 14.2. The maximum atomic E-state index is 6.09. The van der Waals surface area contributed by atoms with Gasteiger partial charge >= 0.3 is 0 Å². The topological polar surface area (TPSA) is 18.5 Å². The molecule has 0 aromatic carbocycles. The third kappa shape index (κ3) is 4.21. The largest absolute Gasteiger partial charge is 0.381 e. The zero-order valence-electron chi connectivity index (χ0n) is 14.2. The summed E-state index contributed by atoms with van der Waals surface area (Å²) in [6.45, 7) is 14.8. The van der Waals surface area contributed by atoms with Gasteiger partial charge in [0.25, 0.3) is 0 Å². The van der Waals surface area contributed by atoms with E-state index in [1.165, 1.54) is 32.1 Å². The van der Waals surface area contributed by atoms with Gasteiger partial charge in [-0.25, -0.2) is 0 Å². The molecule has 2 nitrogen and oxygen atoms in total. The fraction of sp³-hybridized carbons (Fsp3) is 1.00. The van der Waals surface area contributed by atoms with Gasteiger partial charge in [0.15, 0.2) is 0 Å². The average molecular weight is 282 g/mol. The Morgan fingerprint density at radius 1 is 0.950 bits per heavy atom. The monoisotopic (exact) mass is 282 g/mol. The van der Waals surface area contributed by atoms with Crippen molar-refractivity contribution in [2.45, 2.75) is 72.8 Å². The molecule has 20 heavy (non-hydrogen) atoms. The van der Waals surface area contributed by atoms with E-state index in [-0.39, 0.29) is 0 Å². The molecule has 3 unspecified atom stereocenters. The van der Waals surface area contributed by atoms with Crippen molar-refractivity contribution in [2.24, 2.45) is 22.7 Å². The van der Waals surface area contributed by atoms with Gasteiger partial charge in [-0.2, -0.15) is 0 Å². The van der Waals surface area contributed by atoms with Crippen molar-refractivity contribution >= 4 is 0 Å². The Balaban J connectivity index is 1.91. The molecule has 0 amide bonds. The molecule has 2 heteroatoms. The summed E-state index contributed by atoms with van der Waals surface area (Å²) < 4.78 is 11.8. The fourth-order valence-corrected chi connectivity index (χ4v) is 3.92. The molecular formula is C18H34O2. The molecule has 0 aromatic rings. The lowest BCUT2D eigenvalue weighted by molar-refractivity contribution is -0.0733. The van der Waals surface area contributed by atoms with E-state index in [4.69, 9.17) is 9.47 Å². The van der Waals surface area contributed by atoms with Gasteiger partial charge in [-0.1, -0.05) is 34.6 Å². The molecule has 0 spiro atoms. The summed E-state index contributed by atoms with van der Waals surface area (Å²) in [5.74, 6) is 1.51. The number of hydrogen-bond donors (Lipinski definition) is 0. The highest BCUT2D eigenvalue weighted by molar-refractivity contribution is 4.87. The molecule has 2 aliphatic rings. The van der Waals surface area contributed by atoms with Crippen LogP contribution in [-0.4, -0.2) is 25.9 Å². The first-order valence-electron chi connectivity index (χ1n) is 8.48. The summed E-state index contributed by atoms with van der Waals surface area (Å²) in [6, 6.07) is 0. The van der Waals surface area contributed by atoms with Crippen LogP contribution in [0.25, 0.3) is 0 Å². The van der Waals surface area contributed by atoms with E-state index in [1.54, 1.807) is 0 Å². The molecule has 3 atom stereocenters. The number of ether oxygens (including phenoxy) is 2. The van der Waals surface area contributed by atoms with Crippen LogP contribution in [0.2, 0.25) is 0 Å². The Labute approximate surface area is 125 Å². The van der Waals surface area contributed by atoms with Crippen LogP contribution < -0.4 is 0 Å². The molecule has 0 aromatic heterocycles. The predicted octanol–water partition coefficient (Wildman–Crippen LogP) is 4.67. The van der Waals surface area contributed by atoms with Gasteiger partial charge in [0, 0.05) is 19.8 Å². The first kappa shape index (κ1) is 16.3. The van der Waals surface area contributed by atoms with Crippen LogP contribution in [0, 0.1) is 22.7 Å². The normalized spacial score (nSPS) is 33.1. The van der Waals surface area contributed by atoms with E-state index in [0.29, 0.717) is 22.9 Å². The van der Waals surface area contributed by atoms with E-state index in [9.17, 15) is 0 Å². The maximum Gasteiger partial charge on any atom is 0.0583 e. The minimum atomic E-state index is 0.338. The van der Waals surface area contributed by atoms with Crippen LogP contribution in [0.15, 0.2) is 0 Å². The fourth-order valence-electron chi connectivity index (χ4n) is 3.92. The Bertz CT molecular complexity index is 297. The Kier molecular flexibility index (Phi) is 5.18. The van der Waals surface area contributed by atoms with E-state index in [0.717, 1.165) is 25.7 Å². The van der Waals surface area contributed by atoms with Crippen molar-refractivity contribution in [3.05, 3.63) is 0 Å². The molecule has 0 radical (unpaired) electrons. The molecule has 118 valence electrons. The highest BCUT2D eigenvalue weighted by Gasteiger charge is 2.37. The average Bonchev–Trinajstić information content (AvgIpc) is 2.38. The first-order valence-corrected chi connectivity index (χ1v) is 8.48. The third-order valence-electron chi connectivity index (χ3n) is 5.61. The summed E-state index contributed by atoms with van der Waals surface area (Å²) >= 11 is 0. The second kappa shape index (κ2) is 6.36.